The molecule has 2 heterocycles. The molecular formula is C18H20N2O5. The molecule has 0 bridgehead atoms. The first-order chi connectivity index (χ1) is 12.1. The lowest BCUT2D eigenvalue weighted by atomic mass is 10.1. The number of aromatic nitrogens is 1. The minimum absolute atomic E-state index is 0.0216. The van der Waals surface area contributed by atoms with E-state index in [1.165, 1.54) is 12.3 Å². The molecule has 0 fully saturated rings. The molecule has 0 spiro atoms. The Morgan fingerprint density at radius 2 is 2.16 bits per heavy atom. The van der Waals surface area contributed by atoms with Crippen molar-refractivity contribution in [1.82, 2.24) is 0 Å². The van der Waals surface area contributed by atoms with Crippen LogP contribution in [-0.4, -0.2) is 11.5 Å². The maximum Gasteiger partial charge on any atom is 0.276 e. The number of nitro benzene ring substituents is 1. The average Bonchev–Trinajstić information content (AvgIpc) is 3.02. The zero-order chi connectivity index (χ0) is 17.8. The molecule has 0 aliphatic carbocycles. The number of hydrogen-bond acceptors (Lipinski definition) is 5. The third kappa shape index (κ3) is 3.65. The van der Waals surface area contributed by atoms with Gasteiger partial charge in [0.1, 0.15) is 5.75 Å². The van der Waals surface area contributed by atoms with Crippen LogP contribution in [0.15, 0.2) is 36.5 Å². The number of pyridine rings is 1. The Balaban J connectivity index is 1.73. The van der Waals surface area contributed by atoms with Crippen molar-refractivity contribution in [1.29, 1.82) is 0 Å². The number of fused-ring (bicyclic) bond motifs is 1. The normalized spacial score (nSPS) is 15.5. The first-order valence-corrected chi connectivity index (χ1v) is 8.39. The van der Waals surface area contributed by atoms with Gasteiger partial charge < -0.3 is 14.7 Å². The van der Waals surface area contributed by atoms with Crippen LogP contribution in [0.3, 0.4) is 0 Å². The van der Waals surface area contributed by atoms with Crippen molar-refractivity contribution in [3.05, 3.63) is 63.1 Å². The highest BCUT2D eigenvalue weighted by Crippen LogP contribution is 2.40. The second kappa shape index (κ2) is 7.38. The van der Waals surface area contributed by atoms with Gasteiger partial charge >= 0.3 is 0 Å². The van der Waals surface area contributed by atoms with Gasteiger partial charge in [-0.3, -0.25) is 10.1 Å². The van der Waals surface area contributed by atoms with Gasteiger partial charge in [0.05, 0.1) is 17.1 Å². The predicted molar refractivity (Wildman–Crippen MR) is 90.6 cm³/mol. The number of ether oxygens (including phenoxy) is 2. The van der Waals surface area contributed by atoms with E-state index in [1.54, 1.807) is 24.3 Å². The fourth-order valence-electron chi connectivity index (χ4n) is 2.94. The van der Waals surface area contributed by atoms with Gasteiger partial charge in [0.15, 0.2) is 11.9 Å². The summed E-state index contributed by atoms with van der Waals surface area (Å²) in [7, 11) is 0. The van der Waals surface area contributed by atoms with Crippen molar-refractivity contribution in [3.63, 3.8) is 0 Å². The van der Waals surface area contributed by atoms with Crippen LogP contribution >= 0.6 is 0 Å². The summed E-state index contributed by atoms with van der Waals surface area (Å²) in [6.07, 6.45) is 4.27. The van der Waals surface area contributed by atoms with Gasteiger partial charge in [0.25, 0.3) is 5.69 Å². The van der Waals surface area contributed by atoms with Crippen LogP contribution in [0, 0.1) is 15.3 Å². The molecular weight excluding hydrogens is 324 g/mol. The molecule has 2 aromatic rings. The van der Waals surface area contributed by atoms with E-state index < -0.39 is 11.0 Å². The molecule has 0 saturated heterocycles. The van der Waals surface area contributed by atoms with Crippen LogP contribution in [0.25, 0.3) is 0 Å². The summed E-state index contributed by atoms with van der Waals surface area (Å²) in [5, 5.41) is 23.4. The molecule has 3 rings (SSSR count). The first kappa shape index (κ1) is 17.0. The fourth-order valence-corrected chi connectivity index (χ4v) is 2.94. The minimum atomic E-state index is -0.539. The number of rotatable bonds is 7. The van der Waals surface area contributed by atoms with Crippen molar-refractivity contribution in [2.75, 3.05) is 6.61 Å². The van der Waals surface area contributed by atoms with Gasteiger partial charge in [0, 0.05) is 18.6 Å². The monoisotopic (exact) mass is 344 g/mol. The molecule has 0 saturated carbocycles. The smallest absolute Gasteiger partial charge is 0.276 e. The van der Waals surface area contributed by atoms with E-state index in [9.17, 15) is 15.3 Å². The summed E-state index contributed by atoms with van der Waals surface area (Å²) in [6.45, 7) is 2.69. The van der Waals surface area contributed by atoms with E-state index >= 15 is 0 Å². The lowest BCUT2D eigenvalue weighted by molar-refractivity contribution is -0.618. The molecule has 1 aliphatic heterocycles. The van der Waals surface area contributed by atoms with Crippen LogP contribution in [0.5, 0.6) is 11.5 Å². The van der Waals surface area contributed by atoms with Crippen LogP contribution in [0.1, 0.15) is 43.5 Å². The van der Waals surface area contributed by atoms with Gasteiger partial charge in [-0.25, -0.2) is 0 Å². The summed E-state index contributed by atoms with van der Waals surface area (Å²) in [5.74, 6) is 0.968. The van der Waals surface area contributed by atoms with E-state index in [1.807, 2.05) is 0 Å². The maximum absolute atomic E-state index is 12.3. The fraction of sp³-hybridized carbons (Fsp3) is 0.389. The summed E-state index contributed by atoms with van der Waals surface area (Å²) in [5.41, 5.74) is 0.956. The summed E-state index contributed by atoms with van der Waals surface area (Å²) < 4.78 is 12.0. The molecule has 1 aromatic heterocycles. The quantitative estimate of drug-likeness (QED) is 0.252. The summed E-state index contributed by atoms with van der Waals surface area (Å²) >= 11 is 0. The van der Waals surface area contributed by atoms with Gasteiger partial charge in [0.2, 0.25) is 11.9 Å². The lowest BCUT2D eigenvalue weighted by Crippen LogP contribution is -2.34. The van der Waals surface area contributed by atoms with E-state index in [-0.39, 0.29) is 5.69 Å². The zero-order valence-corrected chi connectivity index (χ0v) is 14.0. The maximum atomic E-state index is 12.3. The second-order valence-corrected chi connectivity index (χ2v) is 5.99. The largest absolute Gasteiger partial charge is 0.618 e. The first-order valence-electron chi connectivity index (χ1n) is 8.39. The predicted octanol–water partition coefficient (Wildman–Crippen LogP) is 3.47. The molecule has 132 valence electrons. The SMILES string of the molecule is CCCCCOc1ccc(C2Cc3c(cccc3[N+](=O)[O-])O2)[n+]([O-])c1. The Bertz CT molecular complexity index is 778. The van der Waals surface area contributed by atoms with Crippen molar-refractivity contribution < 1.29 is 19.1 Å². The highest BCUT2D eigenvalue weighted by molar-refractivity contribution is 5.52. The minimum Gasteiger partial charge on any atom is -0.618 e. The molecule has 1 atom stereocenters. The van der Waals surface area contributed by atoms with Gasteiger partial charge in [-0.2, -0.15) is 4.73 Å². The summed E-state index contributed by atoms with van der Waals surface area (Å²) in [6, 6.07) is 8.10. The topological polar surface area (TPSA) is 88.5 Å². The number of unbranched alkanes of at least 4 members (excludes halogenated alkanes) is 2. The Labute approximate surface area is 145 Å². The highest BCUT2D eigenvalue weighted by atomic mass is 16.6. The van der Waals surface area contributed by atoms with E-state index in [2.05, 4.69) is 6.92 Å². The third-order valence-corrected chi connectivity index (χ3v) is 4.23. The summed E-state index contributed by atoms with van der Waals surface area (Å²) in [4.78, 5) is 10.7. The van der Waals surface area contributed by atoms with Crippen LogP contribution in [0.2, 0.25) is 0 Å². The van der Waals surface area contributed by atoms with Crippen LogP contribution in [-0.2, 0) is 6.42 Å². The Morgan fingerprint density at radius 3 is 2.88 bits per heavy atom. The van der Waals surface area contributed by atoms with Gasteiger partial charge in [-0.15, -0.1) is 0 Å². The molecule has 7 nitrogen and oxygen atoms in total. The second-order valence-electron chi connectivity index (χ2n) is 5.99. The molecule has 1 aliphatic rings. The number of nitro groups is 1. The van der Waals surface area contributed by atoms with Crippen molar-refractivity contribution in [2.24, 2.45) is 0 Å². The van der Waals surface area contributed by atoms with Crippen LogP contribution in [0.4, 0.5) is 5.69 Å². The standard InChI is InChI=1S/C18H20N2O5/c1-2-3-4-10-24-13-8-9-16(19(21)12-13)18-11-14-15(20(22)23)6-5-7-17(14)25-18/h5-9,12,18H,2-4,10-11H2,1H3. The third-order valence-electron chi connectivity index (χ3n) is 4.23. The van der Waals surface area contributed by atoms with E-state index in [0.717, 1.165) is 24.0 Å². The Hall–Kier alpha value is -2.83. The number of nitrogens with zero attached hydrogens (tertiary/aromatic N) is 2. The van der Waals surface area contributed by atoms with Gasteiger partial charge in [-0.1, -0.05) is 25.8 Å². The molecule has 7 heteroatoms. The van der Waals surface area contributed by atoms with E-state index in [0.29, 0.717) is 35.8 Å². The zero-order valence-electron chi connectivity index (χ0n) is 14.0. The van der Waals surface area contributed by atoms with Crippen LogP contribution < -0.4 is 14.2 Å². The Morgan fingerprint density at radius 1 is 1.32 bits per heavy atom. The van der Waals surface area contributed by atoms with Crippen molar-refractivity contribution in [2.45, 2.75) is 38.7 Å². The van der Waals surface area contributed by atoms with E-state index in [4.69, 9.17) is 9.47 Å². The van der Waals surface area contributed by atoms with Crippen molar-refractivity contribution >= 4 is 5.69 Å². The molecule has 1 aromatic carbocycles. The van der Waals surface area contributed by atoms with Gasteiger partial charge in [-0.05, 0) is 18.6 Å². The number of benzene rings is 1. The molecule has 0 radical (unpaired) electrons. The average molecular weight is 344 g/mol. The highest BCUT2D eigenvalue weighted by Gasteiger charge is 2.34. The molecule has 0 amide bonds. The molecule has 0 N–H and O–H groups in total. The number of hydrogen-bond donors (Lipinski definition) is 0. The molecule has 1 unspecified atom stereocenters. The van der Waals surface area contributed by atoms with Crippen molar-refractivity contribution in [3.8, 4) is 11.5 Å². The Kier molecular flexibility index (Phi) is 5.02. The molecule has 25 heavy (non-hydrogen) atoms. The lowest BCUT2D eigenvalue weighted by Gasteiger charge is -2.12.